The number of alkyl halides is 3. The van der Waals surface area contributed by atoms with Gasteiger partial charge in [0.05, 0.1) is 17.1 Å². The Kier molecular flexibility index (Phi) is 5.26. The molecule has 1 saturated carbocycles. The first-order chi connectivity index (χ1) is 14.6. The van der Waals surface area contributed by atoms with Gasteiger partial charge in [-0.3, -0.25) is 9.59 Å². The summed E-state index contributed by atoms with van der Waals surface area (Å²) >= 11 is 5.67. The second kappa shape index (κ2) is 7.65. The molecule has 0 saturated heterocycles. The van der Waals surface area contributed by atoms with Crippen molar-refractivity contribution < 1.29 is 27.5 Å². The molecule has 2 aromatic heterocycles. The molecule has 1 aromatic carbocycles. The number of aromatic amines is 1. The first kappa shape index (κ1) is 21.3. The number of aliphatic hydroxyl groups is 1. The maximum absolute atomic E-state index is 13.8. The maximum atomic E-state index is 13.8. The predicted octanol–water partition coefficient (Wildman–Crippen LogP) is 3.01. The van der Waals surface area contributed by atoms with Crippen molar-refractivity contribution in [3.8, 4) is 11.4 Å². The van der Waals surface area contributed by atoms with E-state index < -0.39 is 36.1 Å². The summed E-state index contributed by atoms with van der Waals surface area (Å²) in [5, 5.41) is 15.3. The maximum Gasteiger partial charge on any atom is 0.416 e. The molecule has 31 heavy (non-hydrogen) atoms. The summed E-state index contributed by atoms with van der Waals surface area (Å²) in [5.74, 6) is -1.67. The van der Waals surface area contributed by atoms with Crippen molar-refractivity contribution >= 4 is 23.0 Å². The highest BCUT2D eigenvalue weighted by molar-refractivity contribution is 6.30. The normalized spacial score (nSPS) is 15.3. The van der Waals surface area contributed by atoms with Gasteiger partial charge in [0.25, 0.3) is 11.5 Å². The molecule has 0 aliphatic heterocycles. The van der Waals surface area contributed by atoms with Gasteiger partial charge in [-0.25, -0.2) is 8.91 Å². The van der Waals surface area contributed by atoms with E-state index in [1.165, 1.54) is 18.3 Å². The van der Waals surface area contributed by atoms with E-state index in [1.54, 1.807) is 0 Å². The summed E-state index contributed by atoms with van der Waals surface area (Å²) in [6.45, 7) is -1.03. The summed E-state index contributed by atoms with van der Waals surface area (Å²) < 4.78 is 52.5. The molecule has 7 nitrogen and oxygen atoms in total. The van der Waals surface area contributed by atoms with E-state index in [2.05, 4.69) is 10.1 Å². The highest BCUT2D eigenvalue weighted by atomic mass is 35.5. The fraction of sp³-hybridized carbons (Fsp3) is 0.316. The summed E-state index contributed by atoms with van der Waals surface area (Å²) in [7, 11) is 0. The van der Waals surface area contributed by atoms with E-state index >= 15 is 0 Å². The number of carbonyl (C=O) groups excluding carboxylic acids is 1. The van der Waals surface area contributed by atoms with Crippen LogP contribution in [0, 0.1) is 5.82 Å². The van der Waals surface area contributed by atoms with Crippen LogP contribution < -0.4 is 10.9 Å². The van der Waals surface area contributed by atoms with E-state index in [9.17, 15) is 27.2 Å². The third-order valence-electron chi connectivity index (χ3n) is 4.94. The number of benzene rings is 1. The monoisotopic (exact) mass is 458 g/mol. The van der Waals surface area contributed by atoms with E-state index in [0.29, 0.717) is 18.4 Å². The molecule has 3 N–H and O–H groups in total. The molecule has 12 heteroatoms. The van der Waals surface area contributed by atoms with Gasteiger partial charge < -0.3 is 15.4 Å². The molecule has 0 bridgehead atoms. The molecule has 164 valence electrons. The minimum Gasteiger partial charge on any atom is -0.382 e. The van der Waals surface area contributed by atoms with E-state index in [0.717, 1.165) is 10.6 Å². The number of aromatic nitrogens is 3. The lowest BCUT2D eigenvalue weighted by molar-refractivity contribution is -0.201. The Bertz CT molecular complexity index is 1230. The predicted molar refractivity (Wildman–Crippen MR) is 103 cm³/mol. The van der Waals surface area contributed by atoms with Gasteiger partial charge in [-0.05, 0) is 37.0 Å². The summed E-state index contributed by atoms with van der Waals surface area (Å²) in [5.41, 5.74) is 0.108. The van der Waals surface area contributed by atoms with E-state index in [4.69, 9.17) is 16.7 Å². The first-order valence-corrected chi connectivity index (χ1v) is 9.58. The van der Waals surface area contributed by atoms with Crippen molar-refractivity contribution in [3.63, 3.8) is 0 Å². The minimum absolute atomic E-state index is 0.00527. The van der Waals surface area contributed by atoms with E-state index in [1.807, 2.05) is 5.32 Å². The third kappa shape index (κ3) is 4.15. The fourth-order valence-electron chi connectivity index (χ4n) is 3.25. The number of amides is 1. The largest absolute Gasteiger partial charge is 0.416 e. The third-order valence-corrected chi connectivity index (χ3v) is 5.24. The van der Waals surface area contributed by atoms with Crippen LogP contribution in [0.4, 0.5) is 17.6 Å². The number of nitrogens with one attached hydrogen (secondary N) is 2. The lowest BCUT2D eigenvalue weighted by Crippen LogP contribution is -2.40. The molecule has 1 aliphatic carbocycles. The fourth-order valence-corrected chi connectivity index (χ4v) is 3.37. The number of fused-ring (bicyclic) bond motifs is 1. The van der Waals surface area contributed by atoms with Gasteiger partial charge in [-0.1, -0.05) is 11.6 Å². The number of H-pyrrole nitrogens is 1. The van der Waals surface area contributed by atoms with Crippen LogP contribution in [0.2, 0.25) is 5.02 Å². The van der Waals surface area contributed by atoms with Crippen LogP contribution in [0.15, 0.2) is 29.2 Å². The molecule has 1 atom stereocenters. The standard InChI is InChI=1S/C19H15ClF4N4O3/c20-11-4-3-9(5-12(11)21)16-26-18(31)15-14(8-1-2-8)10(7-28(15)27-16)17(30)25-6-13(29)19(22,23)24/h3-5,7-8,13,29H,1-2,6H2,(H,25,30)(H,26,27,31). The zero-order chi connectivity index (χ0) is 22.5. The van der Waals surface area contributed by atoms with Crippen LogP contribution in [0.1, 0.15) is 34.7 Å². The number of aliphatic hydroxyl groups excluding tert-OH is 1. The average molecular weight is 459 g/mol. The SMILES string of the molecule is O=C(NCC(O)C(F)(F)F)c1cn2nc(-c3ccc(Cl)c(F)c3)[nH]c(=O)c2c1C1CC1. The van der Waals surface area contributed by atoms with Crippen molar-refractivity contribution in [1.82, 2.24) is 19.9 Å². The Morgan fingerprint density at radius 3 is 2.71 bits per heavy atom. The quantitative estimate of drug-likeness (QED) is 0.512. The summed E-state index contributed by atoms with van der Waals surface area (Å²) in [6.07, 6.45) is -4.95. The zero-order valence-corrected chi connectivity index (χ0v) is 16.4. The number of nitrogens with zero attached hydrogens (tertiary/aromatic N) is 2. The minimum atomic E-state index is -4.88. The van der Waals surface area contributed by atoms with Gasteiger partial charge in [-0.2, -0.15) is 13.2 Å². The van der Waals surface area contributed by atoms with Crippen LogP contribution in [-0.4, -0.2) is 44.4 Å². The Morgan fingerprint density at radius 1 is 1.39 bits per heavy atom. The van der Waals surface area contributed by atoms with Gasteiger partial charge in [0.1, 0.15) is 11.3 Å². The van der Waals surface area contributed by atoms with Crippen LogP contribution in [0.3, 0.4) is 0 Å². The Hall–Kier alpha value is -2.92. The lowest BCUT2D eigenvalue weighted by atomic mass is 10.1. The van der Waals surface area contributed by atoms with Gasteiger partial charge in [0.15, 0.2) is 11.9 Å². The van der Waals surface area contributed by atoms with Crippen molar-refractivity contribution in [3.05, 3.63) is 56.7 Å². The van der Waals surface area contributed by atoms with Crippen molar-refractivity contribution in [2.45, 2.75) is 31.0 Å². The number of hydrogen-bond donors (Lipinski definition) is 3. The molecule has 1 aliphatic rings. The Balaban J connectivity index is 1.74. The lowest BCUT2D eigenvalue weighted by Gasteiger charge is -2.15. The number of hydrogen-bond acceptors (Lipinski definition) is 4. The van der Waals surface area contributed by atoms with Crippen LogP contribution >= 0.6 is 11.6 Å². The molecule has 2 heterocycles. The van der Waals surface area contributed by atoms with Crippen LogP contribution in [0.25, 0.3) is 16.9 Å². The second-order valence-electron chi connectivity index (χ2n) is 7.22. The molecule has 0 radical (unpaired) electrons. The highest BCUT2D eigenvalue weighted by Crippen LogP contribution is 2.43. The van der Waals surface area contributed by atoms with Crippen LogP contribution in [0.5, 0.6) is 0 Å². The van der Waals surface area contributed by atoms with Crippen molar-refractivity contribution in [1.29, 1.82) is 0 Å². The number of carbonyl (C=O) groups is 1. The molecular weight excluding hydrogens is 444 g/mol. The van der Waals surface area contributed by atoms with Crippen LogP contribution in [-0.2, 0) is 0 Å². The summed E-state index contributed by atoms with van der Waals surface area (Å²) in [4.78, 5) is 27.8. The van der Waals surface area contributed by atoms with Gasteiger partial charge in [0, 0.05) is 17.3 Å². The molecule has 0 spiro atoms. The smallest absolute Gasteiger partial charge is 0.382 e. The van der Waals surface area contributed by atoms with Gasteiger partial charge in [-0.15, -0.1) is 5.10 Å². The van der Waals surface area contributed by atoms with Gasteiger partial charge >= 0.3 is 6.18 Å². The Morgan fingerprint density at radius 2 is 2.10 bits per heavy atom. The van der Waals surface area contributed by atoms with Gasteiger partial charge in [0.2, 0.25) is 0 Å². The Labute approximate surface area is 176 Å². The average Bonchev–Trinajstić information content (AvgIpc) is 3.46. The van der Waals surface area contributed by atoms with E-state index in [-0.39, 0.29) is 33.4 Å². The summed E-state index contributed by atoms with van der Waals surface area (Å²) in [6, 6.07) is 3.84. The second-order valence-corrected chi connectivity index (χ2v) is 7.63. The molecular formula is C19H15ClF4N4O3. The number of halogens is 5. The zero-order valence-electron chi connectivity index (χ0n) is 15.6. The van der Waals surface area contributed by atoms with Crippen molar-refractivity contribution in [2.75, 3.05) is 6.54 Å². The highest BCUT2D eigenvalue weighted by Gasteiger charge is 2.39. The topological polar surface area (TPSA) is 99.5 Å². The molecule has 1 fully saturated rings. The molecule has 1 unspecified atom stereocenters. The van der Waals surface area contributed by atoms with Crippen molar-refractivity contribution in [2.24, 2.45) is 0 Å². The first-order valence-electron chi connectivity index (χ1n) is 9.20. The molecule has 3 aromatic rings. The molecule has 1 amide bonds. The number of rotatable bonds is 5. The molecule has 4 rings (SSSR count).